The van der Waals surface area contributed by atoms with E-state index in [1.54, 1.807) is 6.92 Å². The Morgan fingerprint density at radius 2 is 2.21 bits per heavy atom. The fourth-order valence-electron chi connectivity index (χ4n) is 2.03. The normalized spacial score (nSPS) is 14.7. The Labute approximate surface area is 113 Å². The van der Waals surface area contributed by atoms with Crippen LogP contribution in [0.25, 0.3) is 0 Å². The topological polar surface area (TPSA) is 66.3 Å². The van der Waals surface area contributed by atoms with E-state index in [-0.39, 0.29) is 5.56 Å². The molecule has 0 bridgehead atoms. The molecule has 0 spiro atoms. The minimum Gasteiger partial charge on any atom is -0.478 e. The lowest BCUT2D eigenvalue weighted by atomic mass is 10.1. The second-order valence-electron chi connectivity index (χ2n) is 5.58. The minimum atomic E-state index is -0.968. The standard InChI is InChI=1S/C14H21N3O2/c1-9(2)6-7-17(11-4-5-11)14-15-8-12(13(18)19)10(3)16-14/h8-9,11H,4-7H2,1-3H3,(H,18,19). The third-order valence-corrected chi connectivity index (χ3v) is 3.39. The summed E-state index contributed by atoms with van der Waals surface area (Å²) in [5, 5.41) is 9.00. The van der Waals surface area contributed by atoms with Crippen molar-refractivity contribution in [3.63, 3.8) is 0 Å². The molecule has 5 nitrogen and oxygen atoms in total. The monoisotopic (exact) mass is 263 g/mol. The van der Waals surface area contributed by atoms with Crippen LogP contribution in [0, 0.1) is 12.8 Å². The Bertz CT molecular complexity index is 470. The Kier molecular flexibility index (Phi) is 4.02. The largest absolute Gasteiger partial charge is 0.478 e. The number of carboxylic acid groups (broad SMARTS) is 1. The van der Waals surface area contributed by atoms with Crippen molar-refractivity contribution in [2.24, 2.45) is 5.92 Å². The molecule has 5 heteroatoms. The Morgan fingerprint density at radius 1 is 1.53 bits per heavy atom. The predicted octanol–water partition coefficient (Wildman–Crippen LogP) is 2.50. The second-order valence-corrected chi connectivity index (χ2v) is 5.58. The molecule has 1 aliphatic rings. The van der Waals surface area contributed by atoms with Gasteiger partial charge in [0.1, 0.15) is 0 Å². The van der Waals surface area contributed by atoms with Gasteiger partial charge in [-0.3, -0.25) is 0 Å². The molecule has 0 amide bonds. The van der Waals surface area contributed by atoms with Crippen LogP contribution >= 0.6 is 0 Å². The zero-order chi connectivity index (χ0) is 14.0. The Morgan fingerprint density at radius 3 is 2.68 bits per heavy atom. The van der Waals surface area contributed by atoms with Crippen LogP contribution in [0.1, 0.15) is 49.2 Å². The Hall–Kier alpha value is -1.65. The maximum atomic E-state index is 11.0. The SMILES string of the molecule is Cc1nc(N(CCC(C)C)C2CC2)ncc1C(=O)O. The van der Waals surface area contributed by atoms with Gasteiger partial charge in [-0.15, -0.1) is 0 Å². The molecule has 0 radical (unpaired) electrons. The number of hydrogen-bond acceptors (Lipinski definition) is 4. The van der Waals surface area contributed by atoms with E-state index in [9.17, 15) is 4.79 Å². The summed E-state index contributed by atoms with van der Waals surface area (Å²) in [4.78, 5) is 21.8. The van der Waals surface area contributed by atoms with E-state index >= 15 is 0 Å². The van der Waals surface area contributed by atoms with E-state index in [0.717, 1.165) is 13.0 Å². The molecular formula is C14H21N3O2. The number of anilines is 1. The number of nitrogens with zero attached hydrogens (tertiary/aromatic N) is 3. The van der Waals surface area contributed by atoms with Crippen molar-refractivity contribution < 1.29 is 9.90 Å². The summed E-state index contributed by atoms with van der Waals surface area (Å²) < 4.78 is 0. The van der Waals surface area contributed by atoms with Crippen LogP contribution in [0.4, 0.5) is 5.95 Å². The van der Waals surface area contributed by atoms with Gasteiger partial charge in [0.2, 0.25) is 5.95 Å². The van der Waals surface area contributed by atoms with Gasteiger partial charge in [0.05, 0.1) is 11.3 Å². The fourth-order valence-corrected chi connectivity index (χ4v) is 2.03. The highest BCUT2D eigenvalue weighted by Gasteiger charge is 2.31. The van der Waals surface area contributed by atoms with Gasteiger partial charge >= 0.3 is 5.97 Å². The minimum absolute atomic E-state index is 0.184. The van der Waals surface area contributed by atoms with E-state index in [2.05, 4.69) is 28.7 Å². The second kappa shape index (κ2) is 5.55. The Balaban J connectivity index is 2.17. The molecule has 0 unspecified atom stereocenters. The summed E-state index contributed by atoms with van der Waals surface area (Å²) in [6, 6.07) is 0.536. The maximum Gasteiger partial charge on any atom is 0.339 e. The molecule has 2 rings (SSSR count). The van der Waals surface area contributed by atoms with Gasteiger partial charge in [-0.2, -0.15) is 0 Å². The molecule has 19 heavy (non-hydrogen) atoms. The molecular weight excluding hydrogens is 242 g/mol. The lowest BCUT2D eigenvalue weighted by Gasteiger charge is -2.23. The van der Waals surface area contributed by atoms with Crippen LogP contribution < -0.4 is 4.90 Å². The van der Waals surface area contributed by atoms with Crippen LogP contribution in [-0.4, -0.2) is 33.6 Å². The van der Waals surface area contributed by atoms with E-state index in [1.807, 2.05) is 0 Å². The molecule has 1 N–H and O–H groups in total. The van der Waals surface area contributed by atoms with Crippen molar-refractivity contribution in [2.75, 3.05) is 11.4 Å². The molecule has 1 aromatic rings. The number of carbonyl (C=O) groups is 1. The van der Waals surface area contributed by atoms with Gasteiger partial charge in [-0.1, -0.05) is 13.8 Å². The molecule has 0 saturated heterocycles. The molecule has 1 heterocycles. The lowest BCUT2D eigenvalue weighted by Crippen LogP contribution is -2.30. The molecule has 1 aliphatic carbocycles. The number of carboxylic acids is 1. The van der Waals surface area contributed by atoms with Crippen molar-refractivity contribution in [3.05, 3.63) is 17.5 Å². The summed E-state index contributed by atoms with van der Waals surface area (Å²) in [7, 11) is 0. The van der Waals surface area contributed by atoms with Gasteiger partial charge in [-0.25, -0.2) is 14.8 Å². The average molecular weight is 263 g/mol. The summed E-state index contributed by atoms with van der Waals surface area (Å²) in [6.45, 7) is 7.06. The maximum absolute atomic E-state index is 11.0. The van der Waals surface area contributed by atoms with Crippen molar-refractivity contribution in [1.29, 1.82) is 0 Å². The number of rotatable bonds is 6. The first-order chi connectivity index (χ1) is 8.99. The highest BCUT2D eigenvalue weighted by molar-refractivity contribution is 5.88. The summed E-state index contributed by atoms with van der Waals surface area (Å²) >= 11 is 0. The first kappa shape index (κ1) is 13.8. The van der Waals surface area contributed by atoms with Crippen LogP contribution in [-0.2, 0) is 0 Å². The summed E-state index contributed by atoms with van der Waals surface area (Å²) in [5.74, 6) is 0.343. The average Bonchev–Trinajstić information content (AvgIpc) is 3.13. The fraction of sp³-hybridized carbons (Fsp3) is 0.643. The van der Waals surface area contributed by atoms with Crippen molar-refractivity contribution in [2.45, 2.75) is 46.1 Å². The van der Waals surface area contributed by atoms with Crippen LogP contribution in [0.3, 0.4) is 0 Å². The van der Waals surface area contributed by atoms with E-state index in [1.165, 1.54) is 19.0 Å². The molecule has 0 aromatic carbocycles. The molecule has 1 aromatic heterocycles. The van der Waals surface area contributed by atoms with E-state index in [4.69, 9.17) is 5.11 Å². The zero-order valence-corrected chi connectivity index (χ0v) is 11.8. The highest BCUT2D eigenvalue weighted by Crippen LogP contribution is 2.30. The highest BCUT2D eigenvalue weighted by atomic mass is 16.4. The van der Waals surface area contributed by atoms with Crippen molar-refractivity contribution in [1.82, 2.24) is 9.97 Å². The molecule has 104 valence electrons. The van der Waals surface area contributed by atoms with Crippen LogP contribution in [0.5, 0.6) is 0 Å². The third-order valence-electron chi connectivity index (χ3n) is 3.39. The number of aromatic nitrogens is 2. The van der Waals surface area contributed by atoms with Gasteiger partial charge < -0.3 is 10.0 Å². The first-order valence-electron chi connectivity index (χ1n) is 6.82. The van der Waals surface area contributed by atoms with E-state index in [0.29, 0.717) is 23.6 Å². The predicted molar refractivity (Wildman–Crippen MR) is 73.6 cm³/mol. The van der Waals surface area contributed by atoms with Gasteiger partial charge in [-0.05, 0) is 32.1 Å². The third kappa shape index (κ3) is 3.43. The number of aryl methyl sites for hydroxylation is 1. The number of aromatic carboxylic acids is 1. The van der Waals surface area contributed by atoms with Gasteiger partial charge in [0, 0.05) is 18.8 Å². The molecule has 0 aliphatic heterocycles. The van der Waals surface area contributed by atoms with Gasteiger partial charge in [0.25, 0.3) is 0 Å². The van der Waals surface area contributed by atoms with Crippen LogP contribution in [0.2, 0.25) is 0 Å². The van der Waals surface area contributed by atoms with Crippen molar-refractivity contribution >= 4 is 11.9 Å². The quantitative estimate of drug-likeness (QED) is 0.854. The first-order valence-corrected chi connectivity index (χ1v) is 6.82. The van der Waals surface area contributed by atoms with Crippen LogP contribution in [0.15, 0.2) is 6.20 Å². The molecule has 0 atom stereocenters. The zero-order valence-electron chi connectivity index (χ0n) is 11.8. The number of hydrogen-bond donors (Lipinski definition) is 1. The van der Waals surface area contributed by atoms with Gasteiger partial charge in [0.15, 0.2) is 0 Å². The molecule has 1 fully saturated rings. The molecule has 1 saturated carbocycles. The van der Waals surface area contributed by atoms with Crippen molar-refractivity contribution in [3.8, 4) is 0 Å². The summed E-state index contributed by atoms with van der Waals surface area (Å²) in [6.07, 6.45) is 4.88. The smallest absolute Gasteiger partial charge is 0.339 e. The van der Waals surface area contributed by atoms with E-state index < -0.39 is 5.97 Å². The lowest BCUT2D eigenvalue weighted by molar-refractivity contribution is 0.0695. The summed E-state index contributed by atoms with van der Waals surface area (Å²) in [5.41, 5.74) is 0.719.